The number of carbonyl (C=O) groups is 1. The molecular formula is C28H24BrN5O2. The predicted octanol–water partition coefficient (Wildman–Crippen LogP) is 6.22. The molecule has 2 aromatic heterocycles. The molecule has 5 rings (SSSR count). The Morgan fingerprint density at radius 1 is 1.03 bits per heavy atom. The van der Waals surface area contributed by atoms with Crippen LogP contribution in [-0.2, 0) is 11.3 Å². The molecule has 0 radical (unpaired) electrons. The monoisotopic (exact) mass is 541 g/mol. The third-order valence-electron chi connectivity index (χ3n) is 5.97. The van der Waals surface area contributed by atoms with Gasteiger partial charge in [0.1, 0.15) is 11.6 Å². The van der Waals surface area contributed by atoms with E-state index in [9.17, 15) is 9.90 Å². The van der Waals surface area contributed by atoms with Crippen molar-refractivity contribution in [2.24, 2.45) is 0 Å². The summed E-state index contributed by atoms with van der Waals surface area (Å²) in [5.74, 6) is 0.556. The minimum Gasteiger partial charge on any atom is -0.507 e. The quantitative estimate of drug-likeness (QED) is 0.227. The second-order valence-electron chi connectivity index (χ2n) is 8.45. The number of phenolic OH excluding ortho intramolecular Hbond substituents is 1. The molecule has 180 valence electrons. The number of hydrogen-bond donors (Lipinski definition) is 3. The zero-order chi connectivity index (χ0) is 25.1. The molecule has 0 fully saturated rings. The van der Waals surface area contributed by atoms with Crippen molar-refractivity contribution in [2.75, 3.05) is 10.6 Å². The Balaban J connectivity index is 1.36. The zero-order valence-corrected chi connectivity index (χ0v) is 21.1. The number of aromatic hydroxyl groups is 1. The lowest BCUT2D eigenvalue weighted by atomic mass is 10.0. The van der Waals surface area contributed by atoms with E-state index in [0.717, 1.165) is 27.1 Å². The molecule has 3 aromatic carbocycles. The lowest BCUT2D eigenvalue weighted by molar-refractivity contribution is -0.117. The fourth-order valence-corrected chi connectivity index (χ4v) is 4.33. The Labute approximate surface area is 217 Å². The number of halogens is 1. The summed E-state index contributed by atoms with van der Waals surface area (Å²) in [6, 6.07) is 26.4. The Bertz CT molecular complexity index is 1530. The maximum Gasteiger partial charge on any atom is 0.231 e. The number of aromatic nitrogens is 3. The van der Waals surface area contributed by atoms with Gasteiger partial charge in [-0.2, -0.15) is 9.61 Å². The van der Waals surface area contributed by atoms with Crippen LogP contribution in [0.3, 0.4) is 0 Å². The van der Waals surface area contributed by atoms with Gasteiger partial charge in [-0.15, -0.1) is 0 Å². The minimum atomic E-state index is -0.260. The van der Waals surface area contributed by atoms with Crippen molar-refractivity contribution in [3.63, 3.8) is 0 Å². The van der Waals surface area contributed by atoms with Crippen LogP contribution in [0, 0.1) is 0 Å². The van der Waals surface area contributed by atoms with Crippen molar-refractivity contribution in [1.29, 1.82) is 0 Å². The number of phenols is 1. The van der Waals surface area contributed by atoms with Crippen LogP contribution in [0.2, 0.25) is 0 Å². The van der Waals surface area contributed by atoms with Crippen molar-refractivity contribution in [2.45, 2.75) is 19.4 Å². The Hall–Kier alpha value is -4.17. The maximum atomic E-state index is 12.8. The van der Waals surface area contributed by atoms with Crippen LogP contribution in [0.1, 0.15) is 24.0 Å². The summed E-state index contributed by atoms with van der Waals surface area (Å²) < 4.78 is 2.46. The molecule has 36 heavy (non-hydrogen) atoms. The molecule has 1 atom stereocenters. The molecular weight excluding hydrogens is 518 g/mol. The summed E-state index contributed by atoms with van der Waals surface area (Å²) in [5.41, 5.74) is 4.59. The van der Waals surface area contributed by atoms with Crippen LogP contribution >= 0.6 is 15.9 Å². The number of nitrogens with one attached hydrogen (secondary N) is 2. The van der Waals surface area contributed by atoms with E-state index >= 15 is 0 Å². The van der Waals surface area contributed by atoms with Crippen LogP contribution in [0.5, 0.6) is 5.75 Å². The maximum absolute atomic E-state index is 12.8. The number of anilines is 2. The van der Waals surface area contributed by atoms with Gasteiger partial charge < -0.3 is 15.7 Å². The van der Waals surface area contributed by atoms with E-state index in [1.54, 1.807) is 22.8 Å². The Morgan fingerprint density at radius 3 is 2.61 bits per heavy atom. The van der Waals surface area contributed by atoms with Crippen molar-refractivity contribution in [3.8, 4) is 17.0 Å². The van der Waals surface area contributed by atoms with Gasteiger partial charge in [0, 0.05) is 23.9 Å². The molecule has 0 aliphatic heterocycles. The number of nitrogens with zero attached hydrogens (tertiary/aromatic N) is 3. The standard InChI is InChI=1S/C28H24BrN5O2/c1-18(20-9-3-2-4-10-20)28(36)32-21-11-7-8-19(14-21)16-30-26-15-24(22-12-5-6-13-25(22)35)33-27-23(29)17-31-34(26)27/h2-15,17-18,30,35H,16H2,1H3,(H,32,36). The summed E-state index contributed by atoms with van der Waals surface area (Å²) in [6.45, 7) is 2.39. The molecule has 0 saturated heterocycles. The topological polar surface area (TPSA) is 91.5 Å². The molecule has 1 amide bonds. The van der Waals surface area contributed by atoms with E-state index in [1.165, 1.54) is 0 Å². The lowest BCUT2D eigenvalue weighted by Crippen LogP contribution is -2.19. The lowest BCUT2D eigenvalue weighted by Gasteiger charge is -2.14. The van der Waals surface area contributed by atoms with Crippen molar-refractivity contribution in [3.05, 3.63) is 107 Å². The molecule has 2 heterocycles. The smallest absolute Gasteiger partial charge is 0.231 e. The average molecular weight is 542 g/mol. The van der Waals surface area contributed by atoms with E-state index < -0.39 is 0 Å². The van der Waals surface area contributed by atoms with Gasteiger partial charge in [-0.3, -0.25) is 4.79 Å². The summed E-state index contributed by atoms with van der Waals surface area (Å²) >= 11 is 3.51. The van der Waals surface area contributed by atoms with Crippen LogP contribution in [0.25, 0.3) is 16.9 Å². The third kappa shape index (κ3) is 4.94. The highest BCUT2D eigenvalue weighted by Gasteiger charge is 2.16. The largest absolute Gasteiger partial charge is 0.507 e. The number of para-hydroxylation sites is 1. The number of amides is 1. The van der Waals surface area contributed by atoms with Gasteiger partial charge in [0.25, 0.3) is 0 Å². The van der Waals surface area contributed by atoms with E-state index in [0.29, 0.717) is 23.4 Å². The molecule has 0 spiro atoms. The number of hydrogen-bond acceptors (Lipinski definition) is 5. The van der Waals surface area contributed by atoms with E-state index in [1.807, 2.05) is 79.7 Å². The van der Waals surface area contributed by atoms with E-state index in [-0.39, 0.29) is 17.6 Å². The first kappa shape index (κ1) is 23.6. The SMILES string of the molecule is CC(C(=O)Nc1cccc(CNc2cc(-c3ccccc3O)nc3c(Br)cnn23)c1)c1ccccc1. The molecule has 0 aliphatic rings. The normalized spacial score (nSPS) is 11.8. The van der Waals surface area contributed by atoms with Gasteiger partial charge in [-0.1, -0.05) is 54.6 Å². The van der Waals surface area contributed by atoms with Crippen LogP contribution < -0.4 is 10.6 Å². The molecule has 0 saturated carbocycles. The number of fused-ring (bicyclic) bond motifs is 1. The van der Waals surface area contributed by atoms with E-state index in [2.05, 4.69) is 36.6 Å². The molecule has 1 unspecified atom stereocenters. The van der Waals surface area contributed by atoms with Gasteiger partial charge in [0.05, 0.1) is 22.3 Å². The number of benzene rings is 3. The van der Waals surface area contributed by atoms with Crippen LogP contribution in [-0.4, -0.2) is 25.6 Å². The molecule has 8 heteroatoms. The second-order valence-corrected chi connectivity index (χ2v) is 9.30. The highest BCUT2D eigenvalue weighted by Crippen LogP contribution is 2.31. The first-order valence-corrected chi connectivity index (χ1v) is 12.3. The van der Waals surface area contributed by atoms with Crippen LogP contribution in [0.15, 0.2) is 95.6 Å². The van der Waals surface area contributed by atoms with Crippen molar-refractivity contribution < 1.29 is 9.90 Å². The molecule has 7 nitrogen and oxygen atoms in total. The fourth-order valence-electron chi connectivity index (χ4n) is 3.99. The minimum absolute atomic E-state index is 0.0594. The van der Waals surface area contributed by atoms with Crippen molar-refractivity contribution >= 4 is 39.0 Å². The third-order valence-corrected chi connectivity index (χ3v) is 6.53. The average Bonchev–Trinajstić information content (AvgIpc) is 3.28. The predicted molar refractivity (Wildman–Crippen MR) is 145 cm³/mol. The highest BCUT2D eigenvalue weighted by atomic mass is 79.9. The van der Waals surface area contributed by atoms with Gasteiger partial charge in [0.15, 0.2) is 5.65 Å². The first-order chi connectivity index (χ1) is 17.5. The fraction of sp³-hybridized carbons (Fsp3) is 0.107. The molecule has 3 N–H and O–H groups in total. The van der Waals surface area contributed by atoms with Gasteiger partial charge >= 0.3 is 0 Å². The van der Waals surface area contributed by atoms with Gasteiger partial charge in [0.2, 0.25) is 5.91 Å². The summed E-state index contributed by atoms with van der Waals surface area (Å²) in [4.78, 5) is 17.5. The van der Waals surface area contributed by atoms with Gasteiger partial charge in [-0.25, -0.2) is 4.98 Å². The molecule has 0 aliphatic carbocycles. The summed E-state index contributed by atoms with van der Waals surface area (Å²) in [7, 11) is 0. The van der Waals surface area contributed by atoms with Crippen LogP contribution in [0.4, 0.5) is 11.5 Å². The second kappa shape index (κ2) is 10.2. The Kier molecular flexibility index (Phi) is 6.69. The van der Waals surface area contributed by atoms with Gasteiger partial charge in [-0.05, 0) is 58.2 Å². The number of rotatable bonds is 7. The molecule has 0 bridgehead atoms. The van der Waals surface area contributed by atoms with Crippen molar-refractivity contribution in [1.82, 2.24) is 14.6 Å². The highest BCUT2D eigenvalue weighted by molar-refractivity contribution is 9.10. The van der Waals surface area contributed by atoms with E-state index in [4.69, 9.17) is 0 Å². The first-order valence-electron chi connectivity index (χ1n) is 11.5. The number of carbonyl (C=O) groups excluding carboxylic acids is 1. The molecule has 5 aromatic rings. The summed E-state index contributed by atoms with van der Waals surface area (Å²) in [6.07, 6.45) is 1.69. The Morgan fingerprint density at radius 2 is 1.81 bits per heavy atom. The summed E-state index contributed by atoms with van der Waals surface area (Å²) in [5, 5.41) is 21.2. The zero-order valence-electron chi connectivity index (χ0n) is 19.5.